The molecule has 120 valence electrons. The van der Waals surface area contributed by atoms with Crippen LogP contribution < -0.4 is 5.56 Å². The zero-order valence-corrected chi connectivity index (χ0v) is 13.3. The van der Waals surface area contributed by atoms with Crippen molar-refractivity contribution >= 4 is 17.5 Å². The molecule has 1 aromatic heterocycles. The summed E-state index contributed by atoms with van der Waals surface area (Å²) in [6.07, 6.45) is 0.199. The molecule has 5 nitrogen and oxygen atoms in total. The molecule has 1 aliphatic heterocycles. The van der Waals surface area contributed by atoms with Crippen molar-refractivity contribution in [3.05, 3.63) is 63.0 Å². The quantitative estimate of drug-likeness (QED) is 0.845. The van der Waals surface area contributed by atoms with Crippen molar-refractivity contribution in [2.45, 2.75) is 12.1 Å². The third kappa shape index (κ3) is 2.99. The van der Waals surface area contributed by atoms with Gasteiger partial charge in [-0.25, -0.2) is 9.07 Å². The Balaban J connectivity index is 1.82. The normalized spacial score (nSPS) is 20.7. The summed E-state index contributed by atoms with van der Waals surface area (Å²) in [5.41, 5.74) is -1.33. The van der Waals surface area contributed by atoms with Crippen LogP contribution in [0.5, 0.6) is 0 Å². The Labute approximate surface area is 137 Å². The van der Waals surface area contributed by atoms with E-state index in [2.05, 4.69) is 5.10 Å². The van der Waals surface area contributed by atoms with Gasteiger partial charge in [-0.2, -0.15) is 5.10 Å². The molecule has 1 saturated heterocycles. The standard InChI is InChI=1S/C16H15ClFN3O2/c1-20-14(22)6-5-13(19-20)15(23)21-8-7-16(18,10-21)11-3-2-4-12(17)9-11/h2-6,9H,7-8,10H2,1H3/t16-/m0/s1. The highest BCUT2D eigenvalue weighted by molar-refractivity contribution is 6.30. The Kier molecular flexibility index (Phi) is 3.93. The predicted molar refractivity (Wildman–Crippen MR) is 84.2 cm³/mol. The molecule has 2 aromatic rings. The zero-order valence-electron chi connectivity index (χ0n) is 12.5. The molecule has 3 rings (SSSR count). The smallest absolute Gasteiger partial charge is 0.274 e. The molecule has 23 heavy (non-hydrogen) atoms. The number of amides is 1. The SMILES string of the molecule is Cn1nc(C(=O)N2CC[C@@](F)(c3cccc(Cl)c3)C2)ccc1=O. The van der Waals surface area contributed by atoms with E-state index in [4.69, 9.17) is 11.6 Å². The van der Waals surface area contributed by atoms with E-state index in [0.29, 0.717) is 10.6 Å². The number of nitrogens with zero attached hydrogens (tertiary/aromatic N) is 3. The van der Waals surface area contributed by atoms with Gasteiger partial charge in [0, 0.05) is 31.1 Å². The minimum atomic E-state index is -1.62. The van der Waals surface area contributed by atoms with E-state index in [1.807, 2.05) is 0 Å². The maximum absolute atomic E-state index is 15.2. The highest BCUT2D eigenvalue weighted by Gasteiger charge is 2.42. The van der Waals surface area contributed by atoms with Gasteiger partial charge >= 0.3 is 0 Å². The molecule has 0 radical (unpaired) electrons. The van der Waals surface area contributed by atoms with Crippen molar-refractivity contribution in [3.63, 3.8) is 0 Å². The van der Waals surface area contributed by atoms with Crippen LogP contribution in [0.25, 0.3) is 0 Å². The fourth-order valence-corrected chi connectivity index (χ4v) is 2.92. The van der Waals surface area contributed by atoms with Crippen molar-refractivity contribution in [3.8, 4) is 0 Å². The van der Waals surface area contributed by atoms with Gasteiger partial charge in [-0.05, 0) is 23.8 Å². The summed E-state index contributed by atoms with van der Waals surface area (Å²) in [7, 11) is 1.47. The Morgan fingerprint density at radius 3 is 2.83 bits per heavy atom. The molecule has 1 fully saturated rings. The van der Waals surface area contributed by atoms with Gasteiger partial charge in [0.1, 0.15) is 5.69 Å². The highest BCUT2D eigenvalue weighted by Crippen LogP contribution is 2.37. The van der Waals surface area contributed by atoms with Crippen molar-refractivity contribution < 1.29 is 9.18 Å². The molecule has 0 bridgehead atoms. The monoisotopic (exact) mass is 335 g/mol. The molecular weight excluding hydrogens is 321 g/mol. The predicted octanol–water partition coefficient (Wildman–Crippen LogP) is 2.14. The van der Waals surface area contributed by atoms with Gasteiger partial charge in [-0.15, -0.1) is 0 Å². The minimum absolute atomic E-state index is 0.0588. The van der Waals surface area contributed by atoms with Crippen molar-refractivity contribution in [1.82, 2.24) is 14.7 Å². The highest BCUT2D eigenvalue weighted by atomic mass is 35.5. The molecule has 0 aliphatic carbocycles. The maximum Gasteiger partial charge on any atom is 0.274 e. The third-order valence-corrected chi connectivity index (χ3v) is 4.26. The van der Waals surface area contributed by atoms with Crippen LogP contribution in [-0.4, -0.2) is 33.7 Å². The number of benzene rings is 1. The number of carbonyl (C=O) groups excluding carboxylic acids is 1. The van der Waals surface area contributed by atoms with Crippen LogP contribution in [0.15, 0.2) is 41.2 Å². The number of carbonyl (C=O) groups is 1. The van der Waals surface area contributed by atoms with Gasteiger partial charge in [-0.3, -0.25) is 9.59 Å². The fourth-order valence-electron chi connectivity index (χ4n) is 2.73. The minimum Gasteiger partial charge on any atom is -0.334 e. The van der Waals surface area contributed by atoms with Crippen LogP contribution in [0.3, 0.4) is 0 Å². The number of aryl methyl sites for hydroxylation is 1. The van der Waals surface area contributed by atoms with E-state index in [-0.39, 0.29) is 36.7 Å². The summed E-state index contributed by atoms with van der Waals surface area (Å²) in [5, 5.41) is 4.38. The molecule has 0 unspecified atom stereocenters. The van der Waals surface area contributed by atoms with Gasteiger partial charge in [-0.1, -0.05) is 23.7 Å². The Morgan fingerprint density at radius 1 is 1.35 bits per heavy atom. The average Bonchev–Trinajstić information content (AvgIpc) is 2.93. The number of hydrogen-bond acceptors (Lipinski definition) is 3. The van der Waals surface area contributed by atoms with Gasteiger partial charge in [0.05, 0.1) is 6.54 Å². The molecule has 0 N–H and O–H groups in total. The number of aromatic nitrogens is 2. The van der Waals surface area contributed by atoms with E-state index in [1.165, 1.54) is 24.1 Å². The lowest BCUT2D eigenvalue weighted by atomic mass is 9.95. The van der Waals surface area contributed by atoms with Gasteiger partial charge in [0.15, 0.2) is 5.67 Å². The summed E-state index contributed by atoms with van der Waals surface area (Å²) in [4.78, 5) is 25.2. The van der Waals surface area contributed by atoms with Crippen LogP contribution in [0.4, 0.5) is 4.39 Å². The summed E-state index contributed by atoms with van der Waals surface area (Å²) < 4.78 is 16.3. The molecule has 0 saturated carbocycles. The van der Waals surface area contributed by atoms with E-state index in [0.717, 1.165) is 4.68 Å². The van der Waals surface area contributed by atoms with Crippen LogP contribution in [0.1, 0.15) is 22.5 Å². The van der Waals surface area contributed by atoms with Crippen LogP contribution in [0.2, 0.25) is 5.02 Å². The molecule has 1 atom stereocenters. The Bertz CT molecular complexity index is 823. The first-order valence-electron chi connectivity index (χ1n) is 7.18. The van der Waals surface area contributed by atoms with Gasteiger partial charge in [0.2, 0.25) is 0 Å². The molecule has 1 amide bonds. The topological polar surface area (TPSA) is 55.2 Å². The fraction of sp³-hybridized carbons (Fsp3) is 0.312. The second-order valence-electron chi connectivity index (χ2n) is 5.63. The lowest BCUT2D eigenvalue weighted by molar-refractivity contribution is 0.0742. The molecule has 0 spiro atoms. The lowest BCUT2D eigenvalue weighted by Crippen LogP contribution is -2.34. The van der Waals surface area contributed by atoms with Gasteiger partial charge < -0.3 is 4.90 Å². The zero-order chi connectivity index (χ0) is 16.6. The average molecular weight is 336 g/mol. The first-order valence-corrected chi connectivity index (χ1v) is 7.55. The number of likely N-dealkylation sites (tertiary alicyclic amines) is 1. The summed E-state index contributed by atoms with van der Waals surface area (Å²) in [6.45, 7) is 0.225. The summed E-state index contributed by atoms with van der Waals surface area (Å²) >= 11 is 5.92. The van der Waals surface area contributed by atoms with E-state index >= 15 is 4.39 Å². The third-order valence-electron chi connectivity index (χ3n) is 4.03. The number of halogens is 2. The van der Waals surface area contributed by atoms with E-state index in [1.54, 1.807) is 24.3 Å². The van der Waals surface area contributed by atoms with Crippen molar-refractivity contribution in [2.24, 2.45) is 7.05 Å². The Morgan fingerprint density at radius 2 is 2.13 bits per heavy atom. The number of hydrogen-bond donors (Lipinski definition) is 0. The van der Waals surface area contributed by atoms with Crippen LogP contribution in [0, 0.1) is 0 Å². The first kappa shape index (κ1) is 15.7. The second kappa shape index (κ2) is 5.77. The van der Waals surface area contributed by atoms with E-state index in [9.17, 15) is 9.59 Å². The lowest BCUT2D eigenvalue weighted by Gasteiger charge is -2.21. The Hall–Kier alpha value is -2.21. The van der Waals surface area contributed by atoms with Gasteiger partial charge in [0.25, 0.3) is 11.5 Å². The summed E-state index contributed by atoms with van der Waals surface area (Å²) in [6, 6.07) is 9.27. The molecule has 1 aliphatic rings. The number of rotatable bonds is 2. The molecular formula is C16H15ClFN3O2. The first-order chi connectivity index (χ1) is 10.9. The summed E-state index contributed by atoms with van der Waals surface area (Å²) in [5.74, 6) is -0.387. The largest absolute Gasteiger partial charge is 0.334 e. The van der Waals surface area contributed by atoms with Crippen molar-refractivity contribution in [2.75, 3.05) is 13.1 Å². The second-order valence-corrected chi connectivity index (χ2v) is 6.07. The van der Waals surface area contributed by atoms with E-state index < -0.39 is 5.67 Å². The van der Waals surface area contributed by atoms with Crippen LogP contribution in [-0.2, 0) is 12.7 Å². The molecule has 1 aromatic carbocycles. The van der Waals surface area contributed by atoms with Crippen LogP contribution >= 0.6 is 11.6 Å². The van der Waals surface area contributed by atoms with Crippen molar-refractivity contribution in [1.29, 1.82) is 0 Å². The number of alkyl halides is 1. The molecule has 7 heteroatoms. The maximum atomic E-state index is 15.2. The molecule has 2 heterocycles.